The van der Waals surface area contributed by atoms with E-state index in [0.29, 0.717) is 38.7 Å². The van der Waals surface area contributed by atoms with E-state index in [4.69, 9.17) is 9.47 Å². The first-order chi connectivity index (χ1) is 18.9. The van der Waals surface area contributed by atoms with E-state index in [-0.39, 0.29) is 43.4 Å². The van der Waals surface area contributed by atoms with Crippen molar-refractivity contribution in [1.29, 1.82) is 0 Å². The lowest BCUT2D eigenvalue weighted by atomic mass is 10.1. The molecule has 1 amide bonds. The number of Topliss-reactive ketones (excluding diaryl/α,β-unsaturated/α-hetero) is 1. The van der Waals surface area contributed by atoms with Crippen LogP contribution in [0.15, 0.2) is 72.3 Å². The average molecular weight is 544 g/mol. The second-order valence-electron chi connectivity index (χ2n) is 8.97. The normalized spacial score (nSPS) is 12.6. The summed E-state index contributed by atoms with van der Waals surface area (Å²) in [5, 5.41) is 0.284. The molecule has 0 spiro atoms. The lowest BCUT2D eigenvalue weighted by Crippen LogP contribution is -2.39. The molecule has 0 fully saturated rings. The van der Waals surface area contributed by atoms with Gasteiger partial charge in [0.15, 0.2) is 12.4 Å². The summed E-state index contributed by atoms with van der Waals surface area (Å²) in [4.78, 5) is 58.0. The van der Waals surface area contributed by atoms with Crippen molar-refractivity contribution in [2.24, 2.45) is 0 Å². The number of hydrogen-bond donors (Lipinski definition) is 0. The molecule has 2 aromatic carbocycles. The maximum atomic E-state index is 13.3. The fourth-order valence-corrected chi connectivity index (χ4v) is 5.42. The highest BCUT2D eigenvalue weighted by atomic mass is 32.1. The molecule has 39 heavy (non-hydrogen) atoms. The highest BCUT2D eigenvalue weighted by molar-refractivity contribution is 7.20. The highest BCUT2D eigenvalue weighted by Gasteiger charge is 2.26. The second-order valence-corrected chi connectivity index (χ2v) is 9.97. The minimum absolute atomic E-state index is 0.0856. The van der Waals surface area contributed by atoms with Crippen molar-refractivity contribution in [3.05, 3.63) is 99.4 Å². The summed E-state index contributed by atoms with van der Waals surface area (Å²) in [7, 11) is 0. The Morgan fingerprint density at radius 2 is 1.97 bits per heavy atom. The Bertz CT molecular complexity index is 1660. The molecular weight excluding hydrogens is 518 g/mol. The number of hydrogen-bond acceptors (Lipinski definition) is 8. The molecule has 0 radical (unpaired) electrons. The van der Waals surface area contributed by atoms with Crippen molar-refractivity contribution < 1.29 is 23.9 Å². The number of aromatic nitrogens is 2. The summed E-state index contributed by atoms with van der Waals surface area (Å²) >= 11 is 1.09. The van der Waals surface area contributed by atoms with Gasteiger partial charge in [-0.15, -0.1) is 17.9 Å². The van der Waals surface area contributed by atoms with E-state index in [1.165, 1.54) is 15.8 Å². The molecule has 0 aliphatic carbocycles. The summed E-state index contributed by atoms with van der Waals surface area (Å²) < 4.78 is 12.1. The second kappa shape index (κ2) is 11.0. The molecule has 0 bridgehead atoms. The van der Waals surface area contributed by atoms with Crippen molar-refractivity contribution in [3.8, 4) is 5.75 Å². The molecule has 4 aromatic rings. The van der Waals surface area contributed by atoms with E-state index in [0.717, 1.165) is 16.9 Å². The van der Waals surface area contributed by atoms with Crippen LogP contribution in [0.2, 0.25) is 0 Å². The zero-order valence-corrected chi connectivity index (χ0v) is 22.0. The average Bonchev–Trinajstić information content (AvgIpc) is 3.29. The van der Waals surface area contributed by atoms with Crippen molar-refractivity contribution in [3.63, 3.8) is 0 Å². The van der Waals surface area contributed by atoms with Crippen LogP contribution in [0, 0.1) is 6.92 Å². The molecule has 10 heteroatoms. The monoisotopic (exact) mass is 543 g/mol. The fourth-order valence-electron chi connectivity index (χ4n) is 4.39. The van der Waals surface area contributed by atoms with Gasteiger partial charge in [-0.1, -0.05) is 36.4 Å². The molecule has 0 atom stereocenters. The van der Waals surface area contributed by atoms with Crippen molar-refractivity contribution in [2.45, 2.75) is 19.9 Å². The Morgan fingerprint density at radius 3 is 2.74 bits per heavy atom. The highest BCUT2D eigenvalue weighted by Crippen LogP contribution is 2.33. The Hall–Kier alpha value is -4.57. The molecule has 0 N–H and O–H groups in total. The number of anilines is 1. The number of thiophene rings is 1. The van der Waals surface area contributed by atoms with Crippen LogP contribution in [0.25, 0.3) is 10.2 Å². The number of fused-ring (bicyclic) bond motifs is 2. The molecule has 5 rings (SSSR count). The number of ether oxygens (including phenoxy) is 2. The van der Waals surface area contributed by atoms with Crippen LogP contribution in [0.5, 0.6) is 5.75 Å². The van der Waals surface area contributed by atoms with E-state index < -0.39 is 11.5 Å². The smallest absolute Gasteiger partial charge is 0.348 e. The maximum Gasteiger partial charge on any atom is 0.348 e. The van der Waals surface area contributed by atoms with Gasteiger partial charge in [-0.2, -0.15) is 0 Å². The first-order valence-electron chi connectivity index (χ1n) is 12.3. The molecule has 0 saturated heterocycles. The number of carbonyl (C=O) groups is 3. The van der Waals surface area contributed by atoms with Crippen molar-refractivity contribution in [1.82, 2.24) is 9.55 Å². The summed E-state index contributed by atoms with van der Waals surface area (Å²) in [5.41, 5.74) is 1.90. The largest absolute Gasteiger partial charge is 0.482 e. The molecule has 9 nitrogen and oxygen atoms in total. The van der Waals surface area contributed by atoms with Crippen molar-refractivity contribution in [2.75, 3.05) is 24.7 Å². The number of nitrogens with zero attached hydrogens (tertiary/aromatic N) is 3. The number of aryl methyl sites for hydroxylation is 1. The van der Waals surface area contributed by atoms with Crippen LogP contribution in [-0.2, 0) is 22.5 Å². The Morgan fingerprint density at radius 1 is 1.18 bits per heavy atom. The van der Waals surface area contributed by atoms with Gasteiger partial charge in [0.25, 0.3) is 11.5 Å². The number of amides is 1. The quantitative estimate of drug-likeness (QED) is 0.179. The molecule has 3 heterocycles. The Labute approximate surface area is 227 Å². The van der Waals surface area contributed by atoms with Gasteiger partial charge in [0.2, 0.25) is 0 Å². The van der Waals surface area contributed by atoms with Gasteiger partial charge in [-0.05, 0) is 36.2 Å². The summed E-state index contributed by atoms with van der Waals surface area (Å²) in [6, 6.07) is 14.5. The van der Waals surface area contributed by atoms with Crippen LogP contribution in [0.4, 0.5) is 5.69 Å². The number of benzene rings is 2. The standard InChI is InChI=1S/C29H25N3O6S/c1-3-12-32-21-14-20(9-10-23(21)38-16-24(32)34)22(33)15-31-17-30-27-25(28(31)35)18(2)26(39-27)29(36)37-13-11-19-7-5-4-6-8-19/h3-10,14,17H,1,11-13,15-16H2,2H3. The molecule has 1 aliphatic heterocycles. The van der Waals surface area contributed by atoms with Crippen LogP contribution in [0.3, 0.4) is 0 Å². The van der Waals surface area contributed by atoms with Gasteiger partial charge in [0.1, 0.15) is 15.5 Å². The molecule has 0 saturated carbocycles. The van der Waals surface area contributed by atoms with Gasteiger partial charge < -0.3 is 14.4 Å². The molecule has 198 valence electrons. The lowest BCUT2D eigenvalue weighted by molar-refractivity contribution is -0.121. The van der Waals surface area contributed by atoms with Crippen LogP contribution in [0.1, 0.15) is 31.2 Å². The molecule has 0 unspecified atom stereocenters. The van der Waals surface area contributed by atoms with Crippen LogP contribution < -0.4 is 15.2 Å². The Kier molecular flexibility index (Phi) is 7.38. The SMILES string of the molecule is C=CCN1C(=O)COc2ccc(C(=O)Cn3cnc4sc(C(=O)OCCc5ccccc5)c(C)c4c3=O)cc21. The van der Waals surface area contributed by atoms with E-state index in [2.05, 4.69) is 11.6 Å². The molecule has 1 aliphatic rings. The van der Waals surface area contributed by atoms with Gasteiger partial charge in [0.05, 0.1) is 30.6 Å². The van der Waals surface area contributed by atoms with Gasteiger partial charge in [-0.25, -0.2) is 9.78 Å². The third-order valence-electron chi connectivity index (χ3n) is 6.42. The summed E-state index contributed by atoms with van der Waals surface area (Å²) in [5.74, 6) is -0.597. The third-order valence-corrected chi connectivity index (χ3v) is 7.60. The minimum atomic E-state index is -0.511. The molecular formula is C29H25N3O6S. The maximum absolute atomic E-state index is 13.3. The third kappa shape index (κ3) is 5.23. The number of rotatable bonds is 9. The number of esters is 1. The minimum Gasteiger partial charge on any atom is -0.482 e. The lowest BCUT2D eigenvalue weighted by Gasteiger charge is -2.28. The van der Waals surface area contributed by atoms with E-state index in [1.54, 1.807) is 31.2 Å². The predicted molar refractivity (Wildman–Crippen MR) is 148 cm³/mol. The number of carbonyl (C=O) groups excluding carboxylic acids is 3. The van der Waals surface area contributed by atoms with Gasteiger partial charge in [-0.3, -0.25) is 19.0 Å². The number of ketones is 1. The van der Waals surface area contributed by atoms with Crippen LogP contribution >= 0.6 is 11.3 Å². The van der Waals surface area contributed by atoms with Crippen molar-refractivity contribution >= 4 is 44.9 Å². The zero-order valence-electron chi connectivity index (χ0n) is 21.2. The summed E-state index contributed by atoms with van der Waals surface area (Å²) in [6.45, 7) is 5.50. The van der Waals surface area contributed by atoms with E-state index in [1.807, 2.05) is 30.3 Å². The van der Waals surface area contributed by atoms with E-state index in [9.17, 15) is 19.2 Å². The fraction of sp³-hybridized carbons (Fsp3) is 0.207. The van der Waals surface area contributed by atoms with E-state index >= 15 is 0 Å². The van der Waals surface area contributed by atoms with Gasteiger partial charge in [0, 0.05) is 18.5 Å². The first-order valence-corrected chi connectivity index (χ1v) is 13.1. The van der Waals surface area contributed by atoms with Crippen LogP contribution in [-0.4, -0.2) is 47.0 Å². The zero-order chi connectivity index (χ0) is 27.5. The Balaban J connectivity index is 1.35. The first kappa shape index (κ1) is 26.1. The predicted octanol–water partition coefficient (Wildman–Crippen LogP) is 3.96. The van der Waals surface area contributed by atoms with Gasteiger partial charge >= 0.3 is 5.97 Å². The topological polar surface area (TPSA) is 108 Å². The summed E-state index contributed by atoms with van der Waals surface area (Å²) in [6.07, 6.45) is 3.48. The molecule has 2 aromatic heterocycles.